The van der Waals surface area contributed by atoms with Gasteiger partial charge >= 0.3 is 49.4 Å². The van der Waals surface area contributed by atoms with Crippen LogP contribution in [0.15, 0.2) is 72.8 Å². The normalized spacial score (nSPS) is 15.6. The van der Waals surface area contributed by atoms with Crippen molar-refractivity contribution in [3.8, 4) is 0 Å². The predicted molar refractivity (Wildman–Crippen MR) is 215 cm³/mol. The van der Waals surface area contributed by atoms with Crippen LogP contribution in [0.2, 0.25) is 0 Å². The second-order valence-corrected chi connectivity index (χ2v) is 17.4. The Morgan fingerprint density at radius 3 is 0.764 bits per heavy atom. The summed E-state index contributed by atoms with van der Waals surface area (Å²) in [6.07, 6.45) is -46.3. The van der Waals surface area contributed by atoms with E-state index in [-0.39, 0.29) is 0 Å². The predicted octanol–water partition coefficient (Wildman–Crippen LogP) is 14.0. The smallest absolute Gasteiger partial charge is 0.370 e. The Kier molecular flexibility index (Phi) is 17.6. The lowest BCUT2D eigenvalue weighted by Crippen LogP contribution is -2.75. The molecule has 2 nitrogen and oxygen atoms in total. The lowest BCUT2D eigenvalue weighted by atomic mass is 9.12. The second-order valence-electron chi connectivity index (χ2n) is 17.4. The molecule has 0 radical (unpaired) electrons. The maximum Gasteiger partial charge on any atom is 0.416 e. The monoisotopic (exact) mass is 1080 g/mol. The molecule has 0 amide bonds. The zero-order valence-electron chi connectivity index (χ0n) is 37.2. The molecule has 1 aliphatic heterocycles. The van der Waals surface area contributed by atoms with Crippen LogP contribution in [0.5, 0.6) is 0 Å². The number of hydrogen-bond donors (Lipinski definition) is 0. The molecule has 4 aromatic rings. The van der Waals surface area contributed by atoms with E-state index in [0.29, 0.717) is 0 Å². The number of halogens is 24. The summed E-state index contributed by atoms with van der Waals surface area (Å²) in [6.45, 7) is 8.00. The highest BCUT2D eigenvalue weighted by Crippen LogP contribution is 2.41. The molecule has 4 aromatic carbocycles. The van der Waals surface area contributed by atoms with E-state index in [1.165, 1.54) is 62.6 Å². The lowest BCUT2D eigenvalue weighted by Gasteiger charge is -2.46. The lowest BCUT2D eigenvalue weighted by molar-refractivity contribution is -0.917. The van der Waals surface area contributed by atoms with Gasteiger partial charge in [0.15, 0.2) is 0 Å². The van der Waals surface area contributed by atoms with E-state index in [1.54, 1.807) is 0 Å². The second kappa shape index (κ2) is 21.2. The van der Waals surface area contributed by atoms with Gasteiger partial charge in [0.1, 0.15) is 19.2 Å². The summed E-state index contributed by atoms with van der Waals surface area (Å²) in [6, 6.07) is -8.81. The van der Waals surface area contributed by atoms with Gasteiger partial charge in [-0.3, -0.25) is 0 Å². The van der Waals surface area contributed by atoms with Gasteiger partial charge in [-0.15, -0.1) is 0 Å². The number of unbranched alkanes of at least 4 members (excludes halogenated alkanes) is 5. The molecule has 72 heavy (non-hydrogen) atoms. The van der Waals surface area contributed by atoms with Crippen LogP contribution in [0.3, 0.4) is 0 Å². The molecule has 0 aromatic heterocycles. The average Bonchev–Trinajstić information content (AvgIpc) is 3.23. The highest BCUT2D eigenvalue weighted by Gasteiger charge is 2.47. The van der Waals surface area contributed by atoms with Crippen molar-refractivity contribution in [2.24, 2.45) is 0 Å². The Balaban J connectivity index is 0.000000639. The summed E-state index contributed by atoms with van der Waals surface area (Å²) in [5.74, 6) is 0. The van der Waals surface area contributed by atoms with Crippen LogP contribution in [0.1, 0.15) is 90.0 Å². The molecule has 0 spiro atoms. The molecule has 1 saturated heterocycles. The fraction of sp³-hybridized carbons (Fsp3) is 0.467. The van der Waals surface area contributed by atoms with E-state index >= 15 is 0 Å². The first kappa shape index (κ1) is 59.7. The third kappa shape index (κ3) is 14.9. The van der Waals surface area contributed by atoms with Gasteiger partial charge in [-0.2, -0.15) is 127 Å². The maximum absolute atomic E-state index is 14.2. The quantitative estimate of drug-likeness (QED) is 0.0629. The fourth-order valence-electron chi connectivity index (χ4n) is 8.35. The number of alkyl halides is 24. The number of hydrogen-bond acceptors (Lipinski definition) is 1. The summed E-state index contributed by atoms with van der Waals surface area (Å²) >= 11 is 0. The number of morpholine rings is 1. The molecule has 0 saturated carbocycles. The Morgan fingerprint density at radius 1 is 0.347 bits per heavy atom. The van der Waals surface area contributed by atoms with Crippen molar-refractivity contribution in [1.29, 1.82) is 0 Å². The molecule has 5 rings (SSSR count). The van der Waals surface area contributed by atoms with Gasteiger partial charge in [0, 0.05) is 0 Å². The Morgan fingerprint density at radius 2 is 0.556 bits per heavy atom. The third-order valence-corrected chi connectivity index (χ3v) is 12.0. The fourth-order valence-corrected chi connectivity index (χ4v) is 8.35. The minimum Gasteiger partial charge on any atom is -0.370 e. The van der Waals surface area contributed by atoms with E-state index in [0.717, 1.165) is 13.2 Å². The molecular weight excluding hydrogens is 1040 g/mol. The highest BCUT2D eigenvalue weighted by atomic mass is 19.4. The average molecular weight is 1080 g/mol. The van der Waals surface area contributed by atoms with Gasteiger partial charge in [0.2, 0.25) is 0 Å². The number of nitrogens with zero attached hydrogens (tertiary/aromatic N) is 1. The molecule has 0 bridgehead atoms. The van der Waals surface area contributed by atoms with E-state index < -0.39 is 195 Å². The summed E-state index contributed by atoms with van der Waals surface area (Å²) in [5.41, 5.74) is -30.2. The maximum atomic E-state index is 14.2. The highest BCUT2D eigenvalue weighted by molar-refractivity contribution is 7.20. The molecule has 0 atom stereocenters. The molecule has 1 heterocycles. The van der Waals surface area contributed by atoms with Crippen molar-refractivity contribution in [3.05, 3.63) is 117 Å². The molecular formula is C45H40BF24NO. The standard InChI is InChI=1S/C32H12BF24.C13H28NO/c34-25(35,36)13-1-14(26(37,38)39)6-21(5-13)33(22-7-15(27(40,41)42)2-16(8-22)28(43,44)45,23-9-17(29(46,47)48)3-18(10-23)30(49,50)51)24-11-19(31(52,53)54)4-20(12-24)32(55,56)57;1-3-4-5-6-7-8-9-14(2)10-12-15-13-11-14/h1-12H;3-13H2,1-2H3/q-1;+1. The van der Waals surface area contributed by atoms with Crippen LogP contribution < -0.4 is 21.9 Å². The first-order valence-corrected chi connectivity index (χ1v) is 21.3. The van der Waals surface area contributed by atoms with Crippen LogP contribution in [0.4, 0.5) is 105 Å². The summed E-state index contributed by atoms with van der Waals surface area (Å²) < 4.78 is 347. The van der Waals surface area contributed by atoms with Gasteiger partial charge in [0.05, 0.1) is 71.3 Å². The Hall–Kier alpha value is -4.82. The topological polar surface area (TPSA) is 9.23 Å². The van der Waals surface area contributed by atoms with Crippen molar-refractivity contribution in [3.63, 3.8) is 0 Å². The minimum absolute atomic E-state index is 0.691. The van der Waals surface area contributed by atoms with Crippen molar-refractivity contribution in [2.45, 2.75) is 94.9 Å². The van der Waals surface area contributed by atoms with Crippen molar-refractivity contribution >= 4 is 28.0 Å². The largest absolute Gasteiger partial charge is 0.416 e. The molecule has 0 N–H and O–H groups in total. The molecule has 0 unspecified atom stereocenters. The number of ether oxygens (including phenoxy) is 1. The molecule has 27 heteroatoms. The summed E-state index contributed by atoms with van der Waals surface area (Å²) in [5, 5.41) is 0. The van der Waals surface area contributed by atoms with Crippen molar-refractivity contribution < 1.29 is 115 Å². The van der Waals surface area contributed by atoms with E-state index in [2.05, 4.69) is 14.0 Å². The molecule has 402 valence electrons. The van der Waals surface area contributed by atoms with Gasteiger partial charge in [-0.1, -0.05) is 81.1 Å². The van der Waals surface area contributed by atoms with Crippen LogP contribution in [-0.4, -0.2) is 50.5 Å². The van der Waals surface area contributed by atoms with E-state index in [4.69, 9.17) is 4.74 Å². The minimum atomic E-state index is -6.13. The summed E-state index contributed by atoms with van der Waals surface area (Å²) in [7, 11) is 2.38. The third-order valence-electron chi connectivity index (χ3n) is 12.0. The molecule has 0 aliphatic carbocycles. The van der Waals surface area contributed by atoms with Crippen LogP contribution in [0.25, 0.3) is 0 Å². The number of quaternary nitrogens is 1. The van der Waals surface area contributed by atoms with Gasteiger partial charge in [-0.25, -0.2) is 0 Å². The van der Waals surface area contributed by atoms with Crippen LogP contribution >= 0.6 is 0 Å². The van der Waals surface area contributed by atoms with Gasteiger partial charge in [-0.05, 0) is 37.1 Å². The zero-order chi connectivity index (χ0) is 54.9. The van der Waals surface area contributed by atoms with Gasteiger partial charge in [0.25, 0.3) is 0 Å². The van der Waals surface area contributed by atoms with Crippen LogP contribution in [-0.2, 0) is 54.1 Å². The SMILES string of the molecule is CCCCCCCC[N+]1(C)CCOCC1.FC(F)(F)c1cc([B-](c2cc(C(F)(F)F)cc(C(F)(F)F)c2)(c2cc(C(F)(F)F)cc(C(F)(F)F)c2)c2cc(C(F)(F)F)cc(C(F)(F)F)c2)cc(C(F)(F)F)c1. The van der Waals surface area contributed by atoms with Gasteiger partial charge < -0.3 is 9.22 Å². The van der Waals surface area contributed by atoms with Crippen LogP contribution in [0, 0.1) is 0 Å². The first-order valence-electron chi connectivity index (χ1n) is 21.3. The van der Waals surface area contributed by atoms with E-state index in [1.807, 2.05) is 0 Å². The first-order chi connectivity index (χ1) is 32.5. The Labute approximate surface area is 394 Å². The Bertz CT molecular complexity index is 2030. The molecule has 1 aliphatic rings. The number of benzene rings is 4. The zero-order valence-corrected chi connectivity index (χ0v) is 37.2. The molecule has 1 fully saturated rings. The van der Waals surface area contributed by atoms with Crippen molar-refractivity contribution in [2.75, 3.05) is 39.9 Å². The number of rotatable bonds is 11. The number of likely N-dealkylation sites (N-methyl/N-ethyl adjacent to an activating group) is 1. The van der Waals surface area contributed by atoms with E-state index in [9.17, 15) is 105 Å². The summed E-state index contributed by atoms with van der Waals surface area (Å²) in [4.78, 5) is 0. The van der Waals surface area contributed by atoms with Crippen molar-refractivity contribution in [1.82, 2.24) is 0 Å².